The van der Waals surface area contributed by atoms with Gasteiger partial charge in [0.2, 0.25) is 0 Å². The van der Waals surface area contributed by atoms with Crippen LogP contribution < -0.4 is 0 Å². The molecular formula is C15H13FNOS-. The predicted molar refractivity (Wildman–Crippen MR) is 75.4 cm³/mol. The van der Waals surface area contributed by atoms with E-state index >= 15 is 0 Å². The molecule has 0 atom stereocenters. The molecule has 0 heterocycles. The summed E-state index contributed by atoms with van der Waals surface area (Å²) in [6.45, 7) is 1.95. The first-order valence-corrected chi connectivity index (χ1v) is 6.88. The minimum atomic E-state index is -1.70. The highest BCUT2D eigenvalue weighted by Crippen LogP contribution is 2.19. The summed E-state index contributed by atoms with van der Waals surface area (Å²) in [5.74, 6) is -0.253. The van der Waals surface area contributed by atoms with Crippen LogP contribution in [0, 0.1) is 10.6 Å². The molecule has 0 aromatic heterocycles. The Kier molecular flexibility index (Phi) is 4.12. The molecule has 4 heteroatoms. The minimum Gasteiger partial charge on any atom is -0.440 e. The van der Waals surface area contributed by atoms with E-state index in [9.17, 15) is 8.60 Å². The molecule has 98 valence electrons. The summed E-state index contributed by atoms with van der Waals surface area (Å²) < 4.78 is 30.9. The number of allylic oxidation sites excluding steroid dienone is 1. The highest BCUT2D eigenvalue weighted by atomic mass is 32.2. The van der Waals surface area contributed by atoms with Crippen LogP contribution in [0.15, 0.2) is 53.4 Å². The lowest BCUT2D eigenvalue weighted by atomic mass is 10.0. The molecule has 0 amide bonds. The Morgan fingerprint density at radius 3 is 2.21 bits per heavy atom. The highest BCUT2D eigenvalue weighted by molar-refractivity contribution is 7.73. The average Bonchev–Trinajstić information content (AvgIpc) is 2.41. The summed E-state index contributed by atoms with van der Waals surface area (Å²) >= 11 is 0. The van der Waals surface area contributed by atoms with Crippen LogP contribution in [0.2, 0.25) is 0 Å². The lowest BCUT2D eigenvalue weighted by molar-refractivity contribution is 0.599. The van der Waals surface area contributed by atoms with Crippen LogP contribution in [-0.4, -0.2) is 0 Å². The number of nitrogens with one attached hydrogen (secondary N) is 1. The van der Waals surface area contributed by atoms with Gasteiger partial charge in [0.1, 0.15) is 5.82 Å². The second-order valence-electron chi connectivity index (χ2n) is 4.17. The zero-order valence-corrected chi connectivity index (χ0v) is 11.2. The van der Waals surface area contributed by atoms with E-state index in [4.69, 9.17) is 4.78 Å². The number of halogens is 1. The van der Waals surface area contributed by atoms with Gasteiger partial charge in [-0.05, 0) is 35.8 Å². The van der Waals surface area contributed by atoms with Gasteiger partial charge in [0.15, 0.2) is 0 Å². The molecule has 2 rings (SSSR count). The van der Waals surface area contributed by atoms with E-state index in [0.29, 0.717) is 4.90 Å². The summed E-state index contributed by atoms with van der Waals surface area (Å²) in [7, 11) is -1.70. The van der Waals surface area contributed by atoms with Crippen LogP contribution in [0.5, 0.6) is 0 Å². The summed E-state index contributed by atoms with van der Waals surface area (Å²) in [6, 6.07) is 13.3. The molecule has 0 saturated carbocycles. The maximum atomic E-state index is 12.8. The number of rotatable bonds is 3. The van der Waals surface area contributed by atoms with E-state index in [0.717, 1.165) is 16.7 Å². The Hall–Kier alpha value is -1.94. The third-order valence-corrected chi connectivity index (χ3v) is 3.48. The SMILES string of the molecule is C/C(=C\c1ccc(F)cc1)c1ccc([S-](=N)=O)cc1. The van der Waals surface area contributed by atoms with Gasteiger partial charge in [-0.2, -0.15) is 10.6 Å². The highest BCUT2D eigenvalue weighted by Gasteiger charge is 1.96. The van der Waals surface area contributed by atoms with Crippen molar-refractivity contribution in [3.05, 3.63) is 65.5 Å². The molecule has 0 radical (unpaired) electrons. The van der Waals surface area contributed by atoms with Crippen LogP contribution in [0.4, 0.5) is 4.39 Å². The maximum Gasteiger partial charge on any atom is 0.123 e. The zero-order chi connectivity index (χ0) is 13.8. The van der Waals surface area contributed by atoms with Gasteiger partial charge in [-0.15, -0.1) is 4.90 Å². The fourth-order valence-corrected chi connectivity index (χ4v) is 2.12. The van der Waals surface area contributed by atoms with Crippen molar-refractivity contribution in [2.45, 2.75) is 11.8 Å². The summed E-state index contributed by atoms with van der Waals surface area (Å²) in [6.07, 6.45) is 1.95. The molecule has 1 N–H and O–H groups in total. The number of benzene rings is 2. The lowest BCUT2D eigenvalue weighted by Gasteiger charge is -2.06. The molecule has 2 aromatic carbocycles. The van der Waals surface area contributed by atoms with Crippen molar-refractivity contribution in [3.8, 4) is 0 Å². The molecule has 2 nitrogen and oxygen atoms in total. The predicted octanol–water partition coefficient (Wildman–Crippen LogP) is 4.47. The van der Waals surface area contributed by atoms with Crippen molar-refractivity contribution < 1.29 is 8.60 Å². The Morgan fingerprint density at radius 2 is 1.68 bits per heavy atom. The first-order chi connectivity index (χ1) is 9.06. The summed E-state index contributed by atoms with van der Waals surface area (Å²) in [4.78, 5) is 0.485. The van der Waals surface area contributed by atoms with Crippen molar-refractivity contribution in [3.63, 3.8) is 0 Å². The van der Waals surface area contributed by atoms with E-state index < -0.39 is 10.6 Å². The smallest absolute Gasteiger partial charge is 0.123 e. The summed E-state index contributed by atoms with van der Waals surface area (Å²) in [5.41, 5.74) is 2.93. The van der Waals surface area contributed by atoms with E-state index in [2.05, 4.69) is 0 Å². The van der Waals surface area contributed by atoms with Crippen LogP contribution >= 0.6 is 0 Å². The van der Waals surface area contributed by atoms with Crippen molar-refractivity contribution in [2.75, 3.05) is 0 Å². The van der Waals surface area contributed by atoms with E-state index in [1.54, 1.807) is 24.3 Å². The molecule has 0 aliphatic rings. The maximum absolute atomic E-state index is 12.8. The molecule has 0 fully saturated rings. The third kappa shape index (κ3) is 3.51. The molecule has 0 bridgehead atoms. The van der Waals surface area contributed by atoms with Gasteiger partial charge in [0.25, 0.3) is 0 Å². The lowest BCUT2D eigenvalue weighted by Crippen LogP contribution is -1.83. The fourth-order valence-electron chi connectivity index (χ4n) is 1.73. The van der Waals surface area contributed by atoms with Crippen LogP contribution in [0.25, 0.3) is 11.6 Å². The molecule has 0 saturated heterocycles. The standard InChI is InChI=1S/C15H13FNOS/c1-11(10-12-2-6-14(16)7-3-12)13-4-8-15(9-5-13)19(17)18/h2-10,17H,1H3/q-1/b11-10+. The van der Waals surface area contributed by atoms with Crippen molar-refractivity contribution in [2.24, 2.45) is 0 Å². The second kappa shape index (κ2) is 5.80. The largest absolute Gasteiger partial charge is 0.440 e. The fraction of sp³-hybridized carbons (Fsp3) is 0.0667. The van der Waals surface area contributed by atoms with Gasteiger partial charge in [-0.1, -0.05) is 42.5 Å². The molecule has 2 aromatic rings. The second-order valence-corrected chi connectivity index (χ2v) is 5.18. The van der Waals surface area contributed by atoms with Crippen LogP contribution in [0.3, 0.4) is 0 Å². The van der Waals surface area contributed by atoms with Gasteiger partial charge in [-0.3, -0.25) is 0 Å². The van der Waals surface area contributed by atoms with E-state index in [1.807, 2.05) is 25.1 Å². The first-order valence-electron chi connectivity index (χ1n) is 5.73. The van der Waals surface area contributed by atoms with Gasteiger partial charge < -0.3 is 8.99 Å². The normalized spacial score (nSPS) is 11.8. The van der Waals surface area contributed by atoms with E-state index in [-0.39, 0.29) is 5.82 Å². The number of hydrogen-bond donors (Lipinski definition) is 1. The Labute approximate surface area is 113 Å². The molecular weight excluding hydrogens is 261 g/mol. The Balaban J connectivity index is 2.28. The van der Waals surface area contributed by atoms with Crippen molar-refractivity contribution in [1.29, 1.82) is 4.78 Å². The molecule has 0 unspecified atom stereocenters. The molecule has 0 aliphatic carbocycles. The number of hydrogen-bond acceptors (Lipinski definition) is 3. The van der Waals surface area contributed by atoms with Crippen molar-refractivity contribution >= 4 is 22.2 Å². The van der Waals surface area contributed by atoms with E-state index in [1.165, 1.54) is 12.1 Å². The zero-order valence-electron chi connectivity index (χ0n) is 10.4. The monoisotopic (exact) mass is 274 g/mol. The average molecular weight is 274 g/mol. The Morgan fingerprint density at radius 1 is 1.11 bits per heavy atom. The van der Waals surface area contributed by atoms with Crippen LogP contribution in [-0.2, 0) is 14.8 Å². The molecule has 0 aliphatic heterocycles. The Bertz CT molecular complexity index is 662. The third-order valence-electron chi connectivity index (χ3n) is 2.78. The molecule has 0 spiro atoms. The quantitative estimate of drug-likeness (QED) is 0.651. The first kappa shape index (κ1) is 13.5. The van der Waals surface area contributed by atoms with Crippen molar-refractivity contribution in [1.82, 2.24) is 0 Å². The van der Waals surface area contributed by atoms with Crippen LogP contribution in [0.1, 0.15) is 18.1 Å². The summed E-state index contributed by atoms with van der Waals surface area (Å²) in [5, 5.41) is 0. The van der Waals surface area contributed by atoms with Gasteiger partial charge in [0.05, 0.1) is 0 Å². The van der Waals surface area contributed by atoms with Gasteiger partial charge in [0, 0.05) is 0 Å². The minimum absolute atomic E-state index is 0.253. The molecule has 19 heavy (non-hydrogen) atoms. The van der Waals surface area contributed by atoms with Gasteiger partial charge in [-0.25, -0.2) is 4.39 Å². The van der Waals surface area contributed by atoms with Gasteiger partial charge >= 0.3 is 0 Å². The topological polar surface area (TPSA) is 40.9 Å².